The molecule has 6 heavy (non-hydrogen) atoms. The summed E-state index contributed by atoms with van der Waals surface area (Å²) in [5.41, 5.74) is 1.58. The van der Waals surface area contributed by atoms with Gasteiger partial charge in [0, 0.05) is 0 Å². The molecule has 0 aromatic heterocycles. The van der Waals surface area contributed by atoms with Crippen LogP contribution in [0.4, 0.5) is 0 Å². The van der Waals surface area contributed by atoms with Gasteiger partial charge in [-0.1, -0.05) is 18.6 Å². The lowest BCUT2D eigenvalue weighted by atomic mass is 10.2. The first-order chi connectivity index (χ1) is 2.84. The standard InChI is InChI=1S/C6H10/c1-3-6-4-5(6)2/h4,6H,3H2,1-2H3. The van der Waals surface area contributed by atoms with E-state index in [1.807, 2.05) is 0 Å². The van der Waals surface area contributed by atoms with Crippen molar-refractivity contribution in [3.63, 3.8) is 0 Å². The Hall–Kier alpha value is -0.260. The average molecular weight is 82.1 g/mol. The maximum absolute atomic E-state index is 2.31. The van der Waals surface area contributed by atoms with Crippen LogP contribution in [0, 0.1) is 5.92 Å². The molecule has 0 bridgehead atoms. The second-order valence-electron chi connectivity index (χ2n) is 1.93. The van der Waals surface area contributed by atoms with Gasteiger partial charge < -0.3 is 0 Å². The largest absolute Gasteiger partial charge is 0.0778 e. The fraction of sp³-hybridized carbons (Fsp3) is 0.667. The Morgan fingerprint density at radius 2 is 2.33 bits per heavy atom. The van der Waals surface area contributed by atoms with Gasteiger partial charge in [-0.25, -0.2) is 0 Å². The van der Waals surface area contributed by atoms with Crippen LogP contribution < -0.4 is 0 Å². The summed E-state index contributed by atoms with van der Waals surface area (Å²) in [4.78, 5) is 0. The van der Waals surface area contributed by atoms with Crippen molar-refractivity contribution in [1.29, 1.82) is 0 Å². The van der Waals surface area contributed by atoms with E-state index in [-0.39, 0.29) is 0 Å². The van der Waals surface area contributed by atoms with Gasteiger partial charge in [0.05, 0.1) is 0 Å². The number of allylic oxidation sites excluding steroid dienone is 2. The molecule has 0 spiro atoms. The quantitative estimate of drug-likeness (QED) is 0.424. The van der Waals surface area contributed by atoms with Gasteiger partial charge in [-0.3, -0.25) is 0 Å². The highest BCUT2D eigenvalue weighted by atomic mass is 14.2. The minimum Gasteiger partial charge on any atom is -0.0778 e. The van der Waals surface area contributed by atoms with E-state index in [1.165, 1.54) is 6.42 Å². The molecular weight excluding hydrogens is 72.1 g/mol. The minimum atomic E-state index is 0.894. The van der Waals surface area contributed by atoms with E-state index in [0.29, 0.717) is 0 Å². The van der Waals surface area contributed by atoms with Crippen LogP contribution in [0.5, 0.6) is 0 Å². The molecule has 0 aromatic rings. The lowest BCUT2D eigenvalue weighted by molar-refractivity contribution is 0.837. The lowest BCUT2D eigenvalue weighted by Crippen LogP contribution is -1.69. The van der Waals surface area contributed by atoms with Crippen LogP contribution in [-0.2, 0) is 0 Å². The van der Waals surface area contributed by atoms with Gasteiger partial charge >= 0.3 is 0 Å². The van der Waals surface area contributed by atoms with E-state index < -0.39 is 0 Å². The number of hydrogen-bond acceptors (Lipinski definition) is 0. The average Bonchev–Trinajstić information content (AvgIpc) is 2.19. The Kier molecular flexibility index (Phi) is 0.722. The minimum absolute atomic E-state index is 0.894. The summed E-state index contributed by atoms with van der Waals surface area (Å²) in [6, 6.07) is 0. The van der Waals surface area contributed by atoms with Gasteiger partial charge in [0.15, 0.2) is 0 Å². The zero-order valence-electron chi connectivity index (χ0n) is 4.36. The van der Waals surface area contributed by atoms with Crippen LogP contribution >= 0.6 is 0 Å². The number of hydrogen-bond donors (Lipinski definition) is 0. The second-order valence-corrected chi connectivity index (χ2v) is 1.93. The first-order valence-corrected chi connectivity index (χ1v) is 2.53. The van der Waals surface area contributed by atoms with Crippen molar-refractivity contribution in [1.82, 2.24) is 0 Å². The molecule has 1 rings (SSSR count). The highest BCUT2D eigenvalue weighted by molar-refractivity contribution is 5.25. The van der Waals surface area contributed by atoms with Crippen molar-refractivity contribution in [3.05, 3.63) is 11.6 Å². The van der Waals surface area contributed by atoms with Crippen molar-refractivity contribution in [2.75, 3.05) is 0 Å². The Morgan fingerprint density at radius 1 is 1.83 bits per heavy atom. The van der Waals surface area contributed by atoms with Crippen LogP contribution in [0.1, 0.15) is 20.3 Å². The molecule has 1 unspecified atom stereocenters. The molecule has 0 saturated carbocycles. The molecule has 0 nitrogen and oxygen atoms in total. The highest BCUT2D eigenvalue weighted by Crippen LogP contribution is 2.29. The van der Waals surface area contributed by atoms with Crippen LogP contribution in [0.3, 0.4) is 0 Å². The molecule has 0 saturated heterocycles. The second kappa shape index (κ2) is 1.11. The zero-order chi connectivity index (χ0) is 4.57. The van der Waals surface area contributed by atoms with E-state index in [1.54, 1.807) is 5.57 Å². The molecular formula is C6H10. The molecule has 0 heterocycles. The SMILES string of the molecule is CCC1C=C1C. The predicted octanol–water partition coefficient (Wildman–Crippen LogP) is 1.97. The van der Waals surface area contributed by atoms with Gasteiger partial charge in [-0.15, -0.1) is 0 Å². The fourth-order valence-corrected chi connectivity index (χ4v) is 0.709. The zero-order valence-corrected chi connectivity index (χ0v) is 4.36. The normalized spacial score (nSPS) is 29.7. The summed E-state index contributed by atoms with van der Waals surface area (Å²) in [5.74, 6) is 0.894. The third-order valence-corrected chi connectivity index (χ3v) is 1.38. The van der Waals surface area contributed by atoms with Crippen molar-refractivity contribution in [2.24, 2.45) is 5.92 Å². The first-order valence-electron chi connectivity index (χ1n) is 2.53. The van der Waals surface area contributed by atoms with Gasteiger partial charge in [-0.05, 0) is 19.3 Å². The summed E-state index contributed by atoms with van der Waals surface area (Å²) >= 11 is 0. The van der Waals surface area contributed by atoms with Crippen molar-refractivity contribution < 1.29 is 0 Å². The van der Waals surface area contributed by atoms with E-state index >= 15 is 0 Å². The maximum Gasteiger partial charge on any atom is -0.00257 e. The van der Waals surface area contributed by atoms with Gasteiger partial charge in [0.25, 0.3) is 0 Å². The smallest absolute Gasteiger partial charge is 0.00257 e. The van der Waals surface area contributed by atoms with E-state index in [4.69, 9.17) is 0 Å². The van der Waals surface area contributed by atoms with Crippen LogP contribution in [0.15, 0.2) is 11.6 Å². The summed E-state index contributed by atoms with van der Waals surface area (Å²) in [6.07, 6.45) is 3.62. The topological polar surface area (TPSA) is 0 Å². The highest BCUT2D eigenvalue weighted by Gasteiger charge is 2.15. The van der Waals surface area contributed by atoms with Crippen LogP contribution in [0.2, 0.25) is 0 Å². The summed E-state index contributed by atoms with van der Waals surface area (Å²) in [7, 11) is 0. The molecule has 0 amide bonds. The molecule has 0 aromatic carbocycles. The summed E-state index contributed by atoms with van der Waals surface area (Å²) in [5, 5.41) is 0. The van der Waals surface area contributed by atoms with Gasteiger partial charge in [0.1, 0.15) is 0 Å². The Balaban J connectivity index is 2.18. The van der Waals surface area contributed by atoms with Crippen LogP contribution in [0.25, 0.3) is 0 Å². The van der Waals surface area contributed by atoms with E-state index in [9.17, 15) is 0 Å². The molecule has 34 valence electrons. The van der Waals surface area contributed by atoms with Crippen molar-refractivity contribution in [3.8, 4) is 0 Å². The molecule has 0 radical (unpaired) electrons. The Labute approximate surface area is 38.9 Å². The molecule has 1 aliphatic rings. The maximum atomic E-state index is 2.31. The van der Waals surface area contributed by atoms with Gasteiger partial charge in [-0.2, -0.15) is 0 Å². The summed E-state index contributed by atoms with van der Waals surface area (Å²) in [6.45, 7) is 4.41. The Morgan fingerprint density at radius 3 is 2.33 bits per heavy atom. The Bertz CT molecular complexity index is 80.0. The third-order valence-electron chi connectivity index (χ3n) is 1.38. The molecule has 1 aliphatic carbocycles. The van der Waals surface area contributed by atoms with Crippen molar-refractivity contribution in [2.45, 2.75) is 20.3 Å². The predicted molar refractivity (Wildman–Crippen MR) is 27.5 cm³/mol. The lowest BCUT2D eigenvalue weighted by Gasteiger charge is -1.81. The molecule has 1 atom stereocenters. The van der Waals surface area contributed by atoms with E-state index in [2.05, 4.69) is 19.9 Å². The van der Waals surface area contributed by atoms with E-state index in [0.717, 1.165) is 5.92 Å². The fourth-order valence-electron chi connectivity index (χ4n) is 0.709. The molecule has 0 aliphatic heterocycles. The van der Waals surface area contributed by atoms with Gasteiger partial charge in [0.2, 0.25) is 0 Å². The molecule has 0 N–H and O–H groups in total. The molecule has 0 heteroatoms. The summed E-state index contributed by atoms with van der Waals surface area (Å²) < 4.78 is 0. The monoisotopic (exact) mass is 82.1 g/mol. The molecule has 0 fully saturated rings. The third kappa shape index (κ3) is 0.469. The number of rotatable bonds is 1. The van der Waals surface area contributed by atoms with Crippen LogP contribution in [-0.4, -0.2) is 0 Å². The van der Waals surface area contributed by atoms with Crippen molar-refractivity contribution >= 4 is 0 Å². The first kappa shape index (κ1) is 3.91.